The zero-order chi connectivity index (χ0) is 16.2. The lowest BCUT2D eigenvalue weighted by molar-refractivity contribution is -0.384. The van der Waals surface area contributed by atoms with E-state index < -0.39 is 4.92 Å². The Morgan fingerprint density at radius 3 is 3.00 bits per heavy atom. The number of aromatic nitrogens is 4. The predicted molar refractivity (Wildman–Crippen MR) is 83.9 cm³/mol. The molecule has 11 heteroatoms. The zero-order valence-corrected chi connectivity index (χ0v) is 12.9. The molecule has 3 aromatic rings. The van der Waals surface area contributed by atoms with Crippen LogP contribution in [0.15, 0.2) is 44.3 Å². The maximum Gasteiger partial charge on any atom is 0.283 e. The highest BCUT2D eigenvalue weighted by molar-refractivity contribution is 9.10. The van der Waals surface area contributed by atoms with Crippen LogP contribution in [0.25, 0.3) is 11.3 Å². The molecule has 116 valence electrons. The van der Waals surface area contributed by atoms with Crippen LogP contribution in [0.4, 0.5) is 11.6 Å². The number of aromatic amines is 1. The van der Waals surface area contributed by atoms with Crippen molar-refractivity contribution in [3.8, 4) is 11.3 Å². The summed E-state index contributed by atoms with van der Waals surface area (Å²) in [4.78, 5) is 10.4. The van der Waals surface area contributed by atoms with Crippen LogP contribution in [-0.2, 0) is 0 Å². The summed E-state index contributed by atoms with van der Waals surface area (Å²) in [5, 5.41) is 27.7. The van der Waals surface area contributed by atoms with Crippen LogP contribution in [0.2, 0.25) is 0 Å². The average molecular weight is 378 g/mol. The van der Waals surface area contributed by atoms with Crippen molar-refractivity contribution in [3.05, 3.63) is 50.7 Å². The van der Waals surface area contributed by atoms with Crippen LogP contribution in [0, 0.1) is 10.1 Å². The molecular weight excluding hydrogens is 370 g/mol. The molecule has 0 radical (unpaired) electrons. The smallest absolute Gasteiger partial charge is 0.283 e. The number of halogens is 1. The summed E-state index contributed by atoms with van der Waals surface area (Å²) in [7, 11) is 0. The molecule has 10 nitrogen and oxygen atoms in total. The number of hydrogen-bond donors (Lipinski definition) is 2. The topological polar surface area (TPSA) is 135 Å². The van der Waals surface area contributed by atoms with Gasteiger partial charge in [-0.05, 0) is 23.4 Å². The second-order valence-corrected chi connectivity index (χ2v) is 5.08. The van der Waals surface area contributed by atoms with Gasteiger partial charge in [0.15, 0.2) is 0 Å². The third-order valence-electron chi connectivity index (χ3n) is 2.75. The molecule has 0 unspecified atom stereocenters. The number of nitro benzene ring substituents is 1. The normalized spacial score (nSPS) is 11.0. The van der Waals surface area contributed by atoms with Gasteiger partial charge in [-0.15, -0.1) is 5.10 Å². The first-order chi connectivity index (χ1) is 11.1. The summed E-state index contributed by atoms with van der Waals surface area (Å²) < 4.78 is 6.28. The van der Waals surface area contributed by atoms with Crippen molar-refractivity contribution in [1.82, 2.24) is 20.6 Å². The van der Waals surface area contributed by atoms with Gasteiger partial charge in [0.25, 0.3) is 11.6 Å². The lowest BCUT2D eigenvalue weighted by Crippen LogP contribution is -1.91. The quantitative estimate of drug-likeness (QED) is 0.396. The first kappa shape index (κ1) is 14.8. The number of anilines is 1. The Morgan fingerprint density at radius 1 is 1.39 bits per heavy atom. The van der Waals surface area contributed by atoms with Gasteiger partial charge in [0.2, 0.25) is 0 Å². The van der Waals surface area contributed by atoms with Gasteiger partial charge in [0.05, 0.1) is 11.1 Å². The molecule has 23 heavy (non-hydrogen) atoms. The Bertz CT molecular complexity index is 859. The number of furan rings is 1. The molecule has 0 aliphatic rings. The highest BCUT2D eigenvalue weighted by Gasteiger charge is 2.13. The highest BCUT2D eigenvalue weighted by atomic mass is 79.9. The number of H-pyrrole nitrogens is 1. The third-order valence-corrected chi connectivity index (χ3v) is 3.45. The number of nitrogens with one attached hydrogen (secondary N) is 2. The minimum atomic E-state index is -0.462. The van der Waals surface area contributed by atoms with Gasteiger partial charge in [-0.1, -0.05) is 21.0 Å². The molecule has 0 saturated carbocycles. The fourth-order valence-electron chi connectivity index (χ4n) is 1.75. The van der Waals surface area contributed by atoms with Crippen LogP contribution in [-0.4, -0.2) is 31.8 Å². The van der Waals surface area contributed by atoms with E-state index in [0.29, 0.717) is 21.6 Å². The number of nitrogens with zero attached hydrogens (tertiary/aromatic N) is 5. The van der Waals surface area contributed by atoms with E-state index in [2.05, 4.69) is 47.1 Å². The van der Waals surface area contributed by atoms with Crippen molar-refractivity contribution in [2.45, 2.75) is 0 Å². The highest BCUT2D eigenvalue weighted by Crippen LogP contribution is 2.32. The second-order valence-electron chi connectivity index (χ2n) is 4.23. The first-order valence-electron chi connectivity index (χ1n) is 6.20. The number of hydrazone groups is 1. The third kappa shape index (κ3) is 3.40. The van der Waals surface area contributed by atoms with Crippen molar-refractivity contribution in [2.24, 2.45) is 5.10 Å². The van der Waals surface area contributed by atoms with Gasteiger partial charge in [-0.25, -0.2) is 5.43 Å². The summed E-state index contributed by atoms with van der Waals surface area (Å²) in [5.41, 5.74) is 3.11. The van der Waals surface area contributed by atoms with Gasteiger partial charge in [-0.2, -0.15) is 10.3 Å². The largest absolute Gasteiger partial charge is 0.455 e. The molecule has 0 aliphatic carbocycles. The van der Waals surface area contributed by atoms with Crippen LogP contribution < -0.4 is 5.43 Å². The van der Waals surface area contributed by atoms with Gasteiger partial charge < -0.3 is 4.42 Å². The molecule has 0 fully saturated rings. The van der Waals surface area contributed by atoms with Crippen LogP contribution in [0.3, 0.4) is 0 Å². The summed E-state index contributed by atoms with van der Waals surface area (Å²) in [6.07, 6.45) is 1.42. The minimum Gasteiger partial charge on any atom is -0.455 e. The predicted octanol–water partition coefficient (Wildman–Crippen LogP) is 2.58. The summed E-state index contributed by atoms with van der Waals surface area (Å²) >= 11 is 3.35. The van der Waals surface area contributed by atoms with E-state index in [0.717, 1.165) is 0 Å². The number of benzene rings is 1. The molecule has 0 amide bonds. The molecule has 0 saturated heterocycles. The monoisotopic (exact) mass is 377 g/mol. The van der Waals surface area contributed by atoms with E-state index in [-0.39, 0.29) is 11.6 Å². The molecule has 2 N–H and O–H groups in total. The maximum absolute atomic E-state index is 10.9. The lowest BCUT2D eigenvalue weighted by atomic mass is 10.1. The molecule has 0 atom stereocenters. The van der Waals surface area contributed by atoms with Crippen molar-refractivity contribution in [1.29, 1.82) is 0 Å². The fourth-order valence-corrected chi connectivity index (χ4v) is 2.19. The van der Waals surface area contributed by atoms with E-state index in [1.165, 1.54) is 18.3 Å². The molecule has 3 rings (SSSR count). The molecule has 0 bridgehead atoms. The molecule has 0 aliphatic heterocycles. The van der Waals surface area contributed by atoms with Gasteiger partial charge in [0, 0.05) is 22.2 Å². The van der Waals surface area contributed by atoms with Gasteiger partial charge in [-0.3, -0.25) is 10.1 Å². The molecule has 1 aromatic carbocycles. The molecular formula is C12H8BrN7O3. The van der Waals surface area contributed by atoms with Crippen molar-refractivity contribution in [3.63, 3.8) is 0 Å². The summed E-state index contributed by atoms with van der Waals surface area (Å²) in [5.74, 6) is 1.14. The number of rotatable bonds is 5. The fraction of sp³-hybridized carbons (Fsp3) is 0. The zero-order valence-electron chi connectivity index (χ0n) is 11.3. The summed E-state index contributed by atoms with van der Waals surface area (Å²) in [6, 6.07) is 7.82. The Kier molecular flexibility index (Phi) is 4.10. The molecule has 2 aromatic heterocycles. The van der Waals surface area contributed by atoms with E-state index in [1.54, 1.807) is 18.2 Å². The number of hydrogen-bond acceptors (Lipinski definition) is 8. The maximum atomic E-state index is 10.9. The number of non-ortho nitro benzene ring substituents is 1. The Balaban J connectivity index is 1.80. The first-order valence-corrected chi connectivity index (χ1v) is 6.99. The molecule has 0 spiro atoms. The average Bonchev–Trinajstić information content (AvgIpc) is 3.19. The summed E-state index contributed by atoms with van der Waals surface area (Å²) in [6.45, 7) is 0. The Labute approximate surface area is 136 Å². The standard InChI is InChI=1S/C12H8BrN7O3/c13-10-3-1-7(20(21)22)5-9(10)11-4-2-8(23-11)6-14-15-12-16-18-19-17-12/h1-6H,(H2,15,16,17,18,19). The van der Waals surface area contributed by atoms with Crippen molar-refractivity contribution >= 4 is 33.8 Å². The Hall–Kier alpha value is -3.08. The molecule has 2 heterocycles. The van der Waals surface area contributed by atoms with E-state index >= 15 is 0 Å². The van der Waals surface area contributed by atoms with Crippen molar-refractivity contribution < 1.29 is 9.34 Å². The minimum absolute atomic E-state index is 0.0198. The van der Waals surface area contributed by atoms with E-state index in [1.807, 2.05) is 0 Å². The van der Waals surface area contributed by atoms with Crippen LogP contribution in [0.1, 0.15) is 5.76 Å². The number of nitro groups is 1. The SMILES string of the molecule is O=[N+]([O-])c1ccc(Br)c(-c2ccc(C=NNc3nn[nH]n3)o2)c1. The second kappa shape index (κ2) is 6.36. The van der Waals surface area contributed by atoms with Crippen LogP contribution in [0.5, 0.6) is 0 Å². The Morgan fingerprint density at radius 2 is 2.26 bits per heavy atom. The van der Waals surface area contributed by atoms with E-state index in [9.17, 15) is 10.1 Å². The van der Waals surface area contributed by atoms with Crippen molar-refractivity contribution in [2.75, 3.05) is 5.43 Å². The lowest BCUT2D eigenvalue weighted by Gasteiger charge is -2.00. The van der Waals surface area contributed by atoms with Crippen LogP contribution >= 0.6 is 15.9 Å². The van der Waals surface area contributed by atoms with Gasteiger partial charge >= 0.3 is 0 Å². The van der Waals surface area contributed by atoms with E-state index in [4.69, 9.17) is 4.42 Å². The number of tetrazole rings is 1. The van der Waals surface area contributed by atoms with Gasteiger partial charge in [0.1, 0.15) is 11.5 Å².